The van der Waals surface area contributed by atoms with Crippen molar-refractivity contribution in [3.63, 3.8) is 0 Å². The van der Waals surface area contributed by atoms with Crippen molar-refractivity contribution in [2.45, 2.75) is 26.8 Å². The SMILES string of the molecule is CCOC(=O)c1ccc(NC(=O)N(CCOC)C(C)c2nc3ccccc3c(=O)n2-c2cc(C)ccc2OC)cc1. The molecular formula is C31H34N4O6. The van der Waals surface area contributed by atoms with E-state index in [-0.39, 0.29) is 25.3 Å². The smallest absolute Gasteiger partial charge is 0.338 e. The molecule has 0 saturated heterocycles. The molecule has 0 saturated carbocycles. The summed E-state index contributed by atoms with van der Waals surface area (Å²) in [6.45, 7) is 6.22. The summed E-state index contributed by atoms with van der Waals surface area (Å²) in [5.74, 6) is 0.423. The van der Waals surface area contributed by atoms with Crippen LogP contribution in [0.15, 0.2) is 71.5 Å². The van der Waals surface area contributed by atoms with Crippen molar-refractivity contribution in [1.29, 1.82) is 0 Å². The Morgan fingerprint density at radius 2 is 1.78 bits per heavy atom. The lowest BCUT2D eigenvalue weighted by atomic mass is 10.1. The average molecular weight is 559 g/mol. The minimum atomic E-state index is -0.661. The van der Waals surface area contributed by atoms with Crippen LogP contribution < -0.4 is 15.6 Å². The molecule has 0 aliphatic rings. The van der Waals surface area contributed by atoms with E-state index in [1.54, 1.807) is 74.6 Å². The third-order valence-corrected chi connectivity index (χ3v) is 6.66. The van der Waals surface area contributed by atoms with E-state index >= 15 is 0 Å². The monoisotopic (exact) mass is 558 g/mol. The number of esters is 1. The highest BCUT2D eigenvalue weighted by molar-refractivity contribution is 5.92. The summed E-state index contributed by atoms with van der Waals surface area (Å²) in [6.07, 6.45) is 0. The highest BCUT2D eigenvalue weighted by Gasteiger charge is 2.28. The van der Waals surface area contributed by atoms with Gasteiger partial charge in [-0.1, -0.05) is 18.2 Å². The molecule has 0 spiro atoms. The molecular weight excluding hydrogens is 524 g/mol. The van der Waals surface area contributed by atoms with E-state index in [4.69, 9.17) is 19.2 Å². The number of rotatable bonds is 10. The Labute approximate surface area is 238 Å². The molecule has 1 N–H and O–H groups in total. The minimum absolute atomic E-state index is 0.220. The number of nitrogens with zero attached hydrogens (tertiary/aromatic N) is 3. The molecule has 1 heterocycles. The molecule has 214 valence electrons. The van der Waals surface area contributed by atoms with Gasteiger partial charge in [-0.2, -0.15) is 0 Å². The Kier molecular flexibility index (Phi) is 9.36. The van der Waals surface area contributed by atoms with Gasteiger partial charge in [-0.05, 0) is 74.9 Å². The van der Waals surface area contributed by atoms with Crippen molar-refractivity contribution in [2.24, 2.45) is 0 Å². The number of fused-ring (bicyclic) bond motifs is 1. The zero-order valence-corrected chi connectivity index (χ0v) is 23.8. The Hall–Kier alpha value is -4.70. The molecule has 0 bridgehead atoms. The molecule has 41 heavy (non-hydrogen) atoms. The van der Waals surface area contributed by atoms with Gasteiger partial charge in [-0.15, -0.1) is 0 Å². The quantitative estimate of drug-likeness (QED) is 0.269. The van der Waals surface area contributed by atoms with E-state index in [1.165, 1.54) is 4.57 Å². The van der Waals surface area contributed by atoms with E-state index in [0.29, 0.717) is 39.4 Å². The van der Waals surface area contributed by atoms with Gasteiger partial charge in [-0.3, -0.25) is 9.36 Å². The Balaban J connectivity index is 1.78. The fourth-order valence-electron chi connectivity index (χ4n) is 4.54. The molecule has 10 nitrogen and oxygen atoms in total. The van der Waals surface area contributed by atoms with Crippen LogP contribution in [0.1, 0.15) is 41.6 Å². The number of benzene rings is 3. The maximum atomic E-state index is 14.0. The number of ether oxygens (including phenoxy) is 3. The van der Waals surface area contributed by atoms with Crippen LogP contribution in [0.25, 0.3) is 16.6 Å². The lowest BCUT2D eigenvalue weighted by Gasteiger charge is -2.30. The van der Waals surface area contributed by atoms with E-state index < -0.39 is 18.0 Å². The highest BCUT2D eigenvalue weighted by atomic mass is 16.5. The zero-order chi connectivity index (χ0) is 29.5. The highest BCUT2D eigenvalue weighted by Crippen LogP contribution is 2.29. The van der Waals surface area contributed by atoms with Crippen LogP contribution in [0.3, 0.4) is 0 Å². The summed E-state index contributed by atoms with van der Waals surface area (Å²) < 4.78 is 17.5. The Bertz CT molecular complexity index is 1600. The predicted octanol–water partition coefficient (Wildman–Crippen LogP) is 5.12. The molecule has 3 aromatic carbocycles. The minimum Gasteiger partial charge on any atom is -0.495 e. The maximum absolute atomic E-state index is 14.0. The Morgan fingerprint density at radius 1 is 1.05 bits per heavy atom. The van der Waals surface area contributed by atoms with Crippen molar-refractivity contribution in [2.75, 3.05) is 39.3 Å². The molecule has 0 aliphatic heterocycles. The molecule has 1 aromatic heterocycles. The predicted molar refractivity (Wildman–Crippen MR) is 157 cm³/mol. The van der Waals surface area contributed by atoms with Gasteiger partial charge in [0.2, 0.25) is 0 Å². The maximum Gasteiger partial charge on any atom is 0.338 e. The number of para-hydroxylation sites is 1. The van der Waals surface area contributed by atoms with Gasteiger partial charge in [0.1, 0.15) is 11.6 Å². The van der Waals surface area contributed by atoms with Crippen LogP contribution in [0, 0.1) is 6.92 Å². The number of aryl methyl sites for hydroxylation is 1. The Morgan fingerprint density at radius 3 is 2.46 bits per heavy atom. The van der Waals surface area contributed by atoms with E-state index in [9.17, 15) is 14.4 Å². The number of nitrogens with one attached hydrogen (secondary N) is 1. The molecule has 1 unspecified atom stereocenters. The molecule has 2 amide bonds. The number of hydrogen-bond donors (Lipinski definition) is 1. The van der Waals surface area contributed by atoms with Gasteiger partial charge in [0, 0.05) is 19.3 Å². The first kappa shape index (κ1) is 29.3. The van der Waals surface area contributed by atoms with Crippen LogP contribution in [0.4, 0.5) is 10.5 Å². The third kappa shape index (κ3) is 6.38. The van der Waals surface area contributed by atoms with Crippen LogP contribution in [-0.2, 0) is 9.47 Å². The second kappa shape index (κ2) is 13.1. The third-order valence-electron chi connectivity index (χ3n) is 6.66. The summed E-state index contributed by atoms with van der Waals surface area (Å²) >= 11 is 0. The molecule has 4 rings (SSSR count). The van der Waals surface area contributed by atoms with E-state index in [0.717, 1.165) is 5.56 Å². The molecule has 0 radical (unpaired) electrons. The number of methoxy groups -OCH3 is 2. The number of carbonyl (C=O) groups is 2. The van der Waals surface area contributed by atoms with Crippen molar-refractivity contribution in [3.8, 4) is 11.4 Å². The standard InChI is InChI=1S/C31H34N4O6/c1-6-41-30(37)22-12-14-23(15-13-22)32-31(38)34(17-18-39-4)21(3)28-33-25-10-8-7-9-24(25)29(36)35(28)26-19-20(2)11-16-27(26)40-5/h7-16,19,21H,6,17-18H2,1-5H3,(H,32,38). The van der Waals surface area contributed by atoms with E-state index in [2.05, 4.69) is 5.32 Å². The summed E-state index contributed by atoms with van der Waals surface area (Å²) in [5, 5.41) is 3.33. The summed E-state index contributed by atoms with van der Waals surface area (Å²) in [4.78, 5) is 46.0. The number of amides is 2. The molecule has 10 heteroatoms. The van der Waals surface area contributed by atoms with Crippen molar-refractivity contribution in [1.82, 2.24) is 14.5 Å². The average Bonchev–Trinajstić information content (AvgIpc) is 2.97. The normalized spacial score (nSPS) is 11.6. The number of hydrogen-bond acceptors (Lipinski definition) is 7. The summed E-state index contributed by atoms with van der Waals surface area (Å²) in [6, 6.07) is 18.0. The molecule has 0 fully saturated rings. The van der Waals surface area contributed by atoms with Crippen LogP contribution in [0.5, 0.6) is 5.75 Å². The summed E-state index contributed by atoms with van der Waals surface area (Å²) in [7, 11) is 3.10. The van der Waals surface area contributed by atoms with Gasteiger partial charge in [0.05, 0.1) is 48.5 Å². The van der Waals surface area contributed by atoms with Crippen molar-refractivity contribution < 1.29 is 23.8 Å². The van der Waals surface area contributed by atoms with Crippen molar-refractivity contribution in [3.05, 3.63) is 94.0 Å². The van der Waals surface area contributed by atoms with Crippen LogP contribution in [-0.4, -0.2) is 60.4 Å². The number of anilines is 1. The second-order valence-corrected chi connectivity index (χ2v) is 9.39. The van der Waals surface area contributed by atoms with Crippen LogP contribution >= 0.6 is 0 Å². The lowest BCUT2D eigenvalue weighted by Crippen LogP contribution is -2.41. The largest absolute Gasteiger partial charge is 0.495 e. The lowest BCUT2D eigenvalue weighted by molar-refractivity contribution is 0.0526. The van der Waals surface area contributed by atoms with Gasteiger partial charge in [0.15, 0.2) is 0 Å². The van der Waals surface area contributed by atoms with Crippen molar-refractivity contribution >= 4 is 28.6 Å². The molecule has 4 aromatic rings. The first-order valence-corrected chi connectivity index (χ1v) is 13.3. The van der Waals surface area contributed by atoms with E-state index in [1.807, 2.05) is 32.0 Å². The number of urea groups is 1. The molecule has 1 atom stereocenters. The number of aromatic nitrogens is 2. The summed E-state index contributed by atoms with van der Waals surface area (Å²) in [5.41, 5.74) is 2.57. The fourth-order valence-corrected chi connectivity index (χ4v) is 4.54. The number of carbonyl (C=O) groups excluding carboxylic acids is 2. The molecule has 0 aliphatic carbocycles. The first-order chi connectivity index (χ1) is 19.8. The zero-order valence-electron chi connectivity index (χ0n) is 23.8. The first-order valence-electron chi connectivity index (χ1n) is 13.3. The fraction of sp³-hybridized carbons (Fsp3) is 0.290. The van der Waals surface area contributed by atoms with Crippen LogP contribution in [0.2, 0.25) is 0 Å². The van der Waals surface area contributed by atoms with Gasteiger partial charge in [0.25, 0.3) is 5.56 Å². The topological polar surface area (TPSA) is 112 Å². The van der Waals surface area contributed by atoms with Gasteiger partial charge in [-0.25, -0.2) is 14.6 Å². The van der Waals surface area contributed by atoms with Gasteiger partial charge < -0.3 is 24.4 Å². The second-order valence-electron chi connectivity index (χ2n) is 9.39. The van der Waals surface area contributed by atoms with Gasteiger partial charge >= 0.3 is 12.0 Å².